The maximum Gasteiger partial charge on any atom is 0.0862 e. The zero-order chi connectivity index (χ0) is 31.2. The second-order valence-electron chi connectivity index (χ2n) is 16.6. The Kier molecular flexibility index (Phi) is 7.52. The molecule has 0 radical (unpaired) electrons. The third-order valence-electron chi connectivity index (χ3n) is 9.07. The van der Waals surface area contributed by atoms with Gasteiger partial charge in [-0.15, -0.1) is 11.6 Å². The lowest BCUT2D eigenvalue weighted by Crippen LogP contribution is -2.19. The van der Waals surface area contributed by atoms with Crippen molar-refractivity contribution in [2.45, 2.75) is 116 Å². The van der Waals surface area contributed by atoms with E-state index in [0.717, 1.165) is 10.6 Å². The maximum atomic E-state index is 7.47. The second kappa shape index (κ2) is 10.1. The van der Waals surface area contributed by atoms with Gasteiger partial charge in [-0.3, -0.25) is 0 Å². The molecule has 0 N–H and O–H groups in total. The minimum atomic E-state index is -0.258. The van der Waals surface area contributed by atoms with Gasteiger partial charge in [0.25, 0.3) is 0 Å². The molecule has 0 saturated heterocycles. The number of rotatable bonds is 2. The van der Waals surface area contributed by atoms with Gasteiger partial charge in [0.15, 0.2) is 0 Å². The van der Waals surface area contributed by atoms with E-state index in [1.54, 1.807) is 0 Å². The first-order chi connectivity index (χ1) is 19.2. The average molecular weight is 600 g/mol. The van der Waals surface area contributed by atoms with Crippen molar-refractivity contribution in [3.8, 4) is 11.1 Å². The zero-order valence-corrected chi connectivity index (χ0v) is 29.2. The third kappa shape index (κ3) is 5.44. The van der Waals surface area contributed by atoms with Crippen LogP contribution < -0.4 is 0 Å². The van der Waals surface area contributed by atoms with Crippen molar-refractivity contribution in [2.24, 2.45) is 0 Å². The van der Waals surface area contributed by atoms with Gasteiger partial charge in [0.1, 0.15) is 0 Å². The molecule has 0 saturated carbocycles. The van der Waals surface area contributed by atoms with Crippen LogP contribution in [0.25, 0.3) is 16.7 Å². The smallest absolute Gasteiger partial charge is 0.0862 e. The van der Waals surface area contributed by atoms with E-state index in [2.05, 4.69) is 144 Å². The van der Waals surface area contributed by atoms with Crippen LogP contribution in [0.3, 0.4) is 0 Å². The zero-order valence-electron chi connectivity index (χ0n) is 27.7. The highest BCUT2D eigenvalue weighted by Crippen LogP contribution is 2.56. The molecule has 0 nitrogen and oxygen atoms in total. The van der Waals surface area contributed by atoms with Crippen molar-refractivity contribution in [2.75, 3.05) is 0 Å². The monoisotopic (exact) mass is 598 g/mol. The summed E-state index contributed by atoms with van der Waals surface area (Å²) in [5.41, 5.74) is 13.7. The van der Waals surface area contributed by atoms with Crippen LogP contribution in [-0.4, -0.2) is 0 Å². The molecule has 2 heteroatoms. The van der Waals surface area contributed by atoms with Gasteiger partial charge in [-0.1, -0.05) is 149 Å². The molecule has 42 heavy (non-hydrogen) atoms. The number of hydrogen-bond donors (Lipinski definition) is 0. The molecule has 0 fully saturated rings. The third-order valence-corrected chi connectivity index (χ3v) is 9.91. The Balaban J connectivity index is 1.73. The van der Waals surface area contributed by atoms with Crippen LogP contribution >= 0.6 is 23.2 Å². The first kappa shape index (κ1) is 31.2. The summed E-state index contributed by atoms with van der Waals surface area (Å²) in [5, 5.41) is 0.564. The second-order valence-corrected chi connectivity index (χ2v) is 17.4. The number of benzene rings is 3. The van der Waals surface area contributed by atoms with E-state index in [4.69, 9.17) is 23.2 Å². The predicted molar refractivity (Wildman–Crippen MR) is 186 cm³/mol. The summed E-state index contributed by atoms with van der Waals surface area (Å²) in [6.45, 7) is 27.4. The highest BCUT2D eigenvalue weighted by Gasteiger charge is 2.37. The van der Waals surface area contributed by atoms with Crippen molar-refractivity contribution in [3.63, 3.8) is 0 Å². The normalized spacial score (nSPS) is 18.8. The molecule has 2 aliphatic rings. The first-order valence-electron chi connectivity index (χ1n) is 15.4. The summed E-state index contributed by atoms with van der Waals surface area (Å²) >= 11 is 14.7. The molecule has 2 atom stereocenters. The van der Waals surface area contributed by atoms with E-state index < -0.39 is 0 Å². The molecule has 2 unspecified atom stereocenters. The lowest BCUT2D eigenvalue weighted by Gasteiger charge is -2.31. The van der Waals surface area contributed by atoms with E-state index in [1.807, 2.05) is 0 Å². The molecule has 0 aromatic heterocycles. The molecule has 0 amide bonds. The van der Waals surface area contributed by atoms with E-state index in [9.17, 15) is 0 Å². The molecule has 3 aromatic carbocycles. The Morgan fingerprint density at radius 2 is 1.17 bits per heavy atom. The Morgan fingerprint density at radius 3 is 1.69 bits per heavy atom. The van der Waals surface area contributed by atoms with Gasteiger partial charge >= 0.3 is 0 Å². The van der Waals surface area contributed by atoms with Crippen molar-refractivity contribution in [1.82, 2.24) is 0 Å². The van der Waals surface area contributed by atoms with Crippen molar-refractivity contribution < 1.29 is 0 Å². The van der Waals surface area contributed by atoms with E-state index in [0.29, 0.717) is 0 Å². The SMILES string of the molecule is CC(C)(C)c1cc(C2=CC=CC2c2cc3c(c(Cl)c2C(C)(C)C)C(Cl)c2cc(C(C)(C)C)ccc2-3)cc(C(C)(C)C)c1. The highest BCUT2D eigenvalue weighted by molar-refractivity contribution is 6.35. The van der Waals surface area contributed by atoms with Crippen LogP contribution in [0, 0.1) is 0 Å². The summed E-state index contributed by atoms with van der Waals surface area (Å²) in [4.78, 5) is 0. The minimum Gasteiger partial charge on any atom is -0.112 e. The lowest BCUT2D eigenvalue weighted by atomic mass is 9.74. The van der Waals surface area contributed by atoms with Crippen LogP contribution in [0.5, 0.6) is 0 Å². The van der Waals surface area contributed by atoms with Gasteiger partial charge in [0.2, 0.25) is 0 Å². The Labute approximate surface area is 265 Å². The molecule has 0 heterocycles. The number of halogens is 2. The first-order valence-corrected chi connectivity index (χ1v) is 16.2. The van der Waals surface area contributed by atoms with Gasteiger partial charge in [0.05, 0.1) is 10.4 Å². The van der Waals surface area contributed by atoms with Crippen LogP contribution in [-0.2, 0) is 21.7 Å². The molecular weight excluding hydrogens is 551 g/mol. The molecule has 0 bridgehead atoms. The van der Waals surface area contributed by atoms with Crippen LogP contribution in [0.15, 0.2) is 60.7 Å². The van der Waals surface area contributed by atoms with Crippen LogP contribution in [0.2, 0.25) is 5.02 Å². The minimum absolute atomic E-state index is 0.0494. The quantitative estimate of drug-likeness (QED) is 0.257. The molecule has 0 spiro atoms. The van der Waals surface area contributed by atoms with Crippen molar-refractivity contribution >= 4 is 28.8 Å². The summed E-state index contributed by atoms with van der Waals surface area (Å²) in [6, 6.07) is 16.4. The summed E-state index contributed by atoms with van der Waals surface area (Å²) in [5.74, 6) is 0.108. The molecular formula is C40H48Cl2. The topological polar surface area (TPSA) is 0 Å². The predicted octanol–water partition coefficient (Wildman–Crippen LogP) is 12.6. The highest BCUT2D eigenvalue weighted by atomic mass is 35.5. The Bertz CT molecular complexity index is 1590. The maximum absolute atomic E-state index is 7.47. The van der Waals surface area contributed by atoms with Gasteiger partial charge in [-0.25, -0.2) is 0 Å². The fourth-order valence-electron chi connectivity index (χ4n) is 6.49. The van der Waals surface area contributed by atoms with Crippen LogP contribution in [0.4, 0.5) is 0 Å². The Hall–Kier alpha value is -2.28. The molecule has 3 aromatic rings. The van der Waals surface area contributed by atoms with Gasteiger partial charge in [-0.05, 0) is 83.4 Å². The van der Waals surface area contributed by atoms with E-state index in [1.165, 1.54) is 55.6 Å². The summed E-state index contributed by atoms with van der Waals surface area (Å²) in [7, 11) is 0. The van der Waals surface area contributed by atoms with Crippen molar-refractivity contribution in [3.05, 3.63) is 110 Å². The average Bonchev–Trinajstić information content (AvgIpc) is 3.44. The lowest BCUT2D eigenvalue weighted by molar-refractivity contribution is 0.568. The molecule has 5 rings (SSSR count). The standard InChI is InChI=1S/C40H48Cl2/c1-37(2,3)24-16-17-29-30-22-31(34(40(10,11)12)36(42)33(30)35(41)32(29)21-24)28-15-13-14-27(28)23-18-25(38(4,5)6)20-26(19-23)39(7,8)9/h13-22,28,35H,1-12H3. The fraction of sp³-hybridized carbons (Fsp3) is 0.450. The molecule has 2 aliphatic carbocycles. The summed E-state index contributed by atoms with van der Waals surface area (Å²) < 4.78 is 0. The van der Waals surface area contributed by atoms with Gasteiger partial charge < -0.3 is 0 Å². The summed E-state index contributed by atoms with van der Waals surface area (Å²) in [6.07, 6.45) is 6.88. The molecule has 0 aliphatic heterocycles. The van der Waals surface area contributed by atoms with Crippen LogP contribution in [0.1, 0.15) is 139 Å². The van der Waals surface area contributed by atoms with E-state index >= 15 is 0 Å². The molecule has 222 valence electrons. The number of alkyl halides is 1. The Morgan fingerprint density at radius 1 is 0.595 bits per heavy atom. The number of allylic oxidation sites excluding steroid dienone is 4. The van der Waals surface area contributed by atoms with E-state index in [-0.39, 0.29) is 33.0 Å². The van der Waals surface area contributed by atoms with Gasteiger partial charge in [0, 0.05) is 11.5 Å². The fourth-order valence-corrected chi connectivity index (χ4v) is 7.55. The number of fused-ring (bicyclic) bond motifs is 3. The van der Waals surface area contributed by atoms with Gasteiger partial charge in [-0.2, -0.15) is 0 Å². The number of hydrogen-bond acceptors (Lipinski definition) is 0. The van der Waals surface area contributed by atoms with Crippen molar-refractivity contribution in [1.29, 1.82) is 0 Å². The largest absolute Gasteiger partial charge is 0.112 e.